The highest BCUT2D eigenvalue weighted by Gasteiger charge is 2.27. The maximum absolute atomic E-state index is 13.5. The summed E-state index contributed by atoms with van der Waals surface area (Å²) in [6.07, 6.45) is 0. The van der Waals surface area contributed by atoms with Crippen molar-refractivity contribution in [3.05, 3.63) is 89.5 Å². The maximum atomic E-state index is 13.5. The number of anilines is 1. The largest absolute Gasteiger partial charge is 0.494 e. The first-order valence-corrected chi connectivity index (χ1v) is 14.1. The highest BCUT2D eigenvalue weighted by atomic mass is 32.2. The van der Waals surface area contributed by atoms with Gasteiger partial charge in [0.25, 0.3) is 10.0 Å². The molecule has 1 N–H and O–H groups in total. The van der Waals surface area contributed by atoms with Crippen LogP contribution in [0, 0.1) is 13.8 Å². The van der Waals surface area contributed by atoms with E-state index in [0.717, 1.165) is 21.4 Å². The van der Waals surface area contributed by atoms with E-state index in [-0.39, 0.29) is 17.3 Å². The lowest BCUT2D eigenvalue weighted by Crippen LogP contribution is -2.41. The molecule has 3 rings (SSSR count). The van der Waals surface area contributed by atoms with Crippen molar-refractivity contribution in [3.8, 4) is 5.75 Å². The maximum Gasteiger partial charge on any atom is 0.264 e. The van der Waals surface area contributed by atoms with Gasteiger partial charge in [-0.3, -0.25) is 9.10 Å². The number of carbonyl (C=O) groups excluding carboxylic acids is 1. The molecule has 35 heavy (non-hydrogen) atoms. The summed E-state index contributed by atoms with van der Waals surface area (Å²) >= 11 is 1.73. The lowest BCUT2D eigenvalue weighted by Gasteiger charge is -2.24. The van der Waals surface area contributed by atoms with Crippen LogP contribution in [0.3, 0.4) is 0 Å². The Bertz CT molecular complexity index is 1210. The second kappa shape index (κ2) is 12.7. The van der Waals surface area contributed by atoms with Crippen LogP contribution in [-0.4, -0.2) is 39.8 Å². The Morgan fingerprint density at radius 3 is 2.31 bits per heavy atom. The second-order valence-corrected chi connectivity index (χ2v) is 11.0. The summed E-state index contributed by atoms with van der Waals surface area (Å²) in [4.78, 5) is 12.9. The van der Waals surface area contributed by atoms with E-state index in [1.807, 2.05) is 26.0 Å². The van der Waals surface area contributed by atoms with Crippen molar-refractivity contribution < 1.29 is 17.9 Å². The number of hydrogen-bond acceptors (Lipinski definition) is 5. The lowest BCUT2D eigenvalue weighted by molar-refractivity contribution is -0.119. The molecular weight excluding hydrogens is 480 g/mol. The molecule has 0 aliphatic rings. The Balaban J connectivity index is 1.67. The van der Waals surface area contributed by atoms with Crippen molar-refractivity contribution >= 4 is 33.4 Å². The first-order valence-electron chi connectivity index (χ1n) is 11.5. The lowest BCUT2D eigenvalue weighted by atomic mass is 10.1. The zero-order chi connectivity index (χ0) is 25.3. The predicted molar refractivity (Wildman–Crippen MR) is 144 cm³/mol. The Labute approximate surface area is 212 Å². The summed E-state index contributed by atoms with van der Waals surface area (Å²) in [5.41, 5.74) is 3.88. The number of nitrogens with one attached hydrogen (secondary N) is 1. The average Bonchev–Trinajstić information content (AvgIpc) is 2.84. The number of amides is 1. The van der Waals surface area contributed by atoms with E-state index < -0.39 is 10.0 Å². The Morgan fingerprint density at radius 2 is 1.66 bits per heavy atom. The number of thioether (sulfide) groups is 1. The Hall–Kier alpha value is -2.97. The van der Waals surface area contributed by atoms with E-state index in [0.29, 0.717) is 24.6 Å². The van der Waals surface area contributed by atoms with Gasteiger partial charge in [0.05, 0.1) is 17.2 Å². The molecule has 0 radical (unpaired) electrons. The molecule has 186 valence electrons. The number of carbonyl (C=O) groups is 1. The number of sulfonamides is 1. The molecule has 1 amide bonds. The second-order valence-electron chi connectivity index (χ2n) is 8.08. The normalized spacial score (nSPS) is 11.2. The van der Waals surface area contributed by atoms with E-state index >= 15 is 0 Å². The van der Waals surface area contributed by atoms with Gasteiger partial charge in [0.2, 0.25) is 5.91 Å². The molecule has 0 aliphatic carbocycles. The topological polar surface area (TPSA) is 75.7 Å². The van der Waals surface area contributed by atoms with E-state index in [4.69, 9.17) is 4.74 Å². The van der Waals surface area contributed by atoms with E-state index in [2.05, 4.69) is 24.4 Å². The summed E-state index contributed by atoms with van der Waals surface area (Å²) in [7, 11) is -3.94. The van der Waals surface area contributed by atoms with Crippen LogP contribution in [0.5, 0.6) is 5.75 Å². The zero-order valence-electron chi connectivity index (χ0n) is 20.4. The molecule has 0 unspecified atom stereocenters. The number of hydrogen-bond donors (Lipinski definition) is 1. The third-order valence-electron chi connectivity index (χ3n) is 5.42. The van der Waals surface area contributed by atoms with Crippen molar-refractivity contribution in [2.24, 2.45) is 0 Å². The third kappa shape index (κ3) is 7.50. The van der Waals surface area contributed by atoms with Crippen LogP contribution in [0.2, 0.25) is 0 Å². The van der Waals surface area contributed by atoms with E-state index in [9.17, 15) is 13.2 Å². The fourth-order valence-electron chi connectivity index (χ4n) is 3.43. The van der Waals surface area contributed by atoms with E-state index in [1.165, 1.54) is 11.1 Å². The van der Waals surface area contributed by atoms with Gasteiger partial charge in [-0.05, 0) is 68.3 Å². The SMILES string of the molecule is CCOc1ccc(N(CC(=O)NCCSCc2ccccc2C)S(=O)(=O)c2ccc(C)cc2)cc1. The molecule has 3 aromatic carbocycles. The van der Waals surface area contributed by atoms with Crippen molar-refractivity contribution in [1.29, 1.82) is 0 Å². The average molecular weight is 513 g/mol. The molecule has 8 heteroatoms. The van der Waals surface area contributed by atoms with Crippen LogP contribution in [0.1, 0.15) is 23.6 Å². The highest BCUT2D eigenvalue weighted by molar-refractivity contribution is 7.98. The van der Waals surface area contributed by atoms with Gasteiger partial charge in [-0.15, -0.1) is 0 Å². The summed E-state index contributed by atoms with van der Waals surface area (Å²) in [5, 5.41) is 2.86. The van der Waals surface area contributed by atoms with Gasteiger partial charge < -0.3 is 10.1 Å². The van der Waals surface area contributed by atoms with Crippen LogP contribution in [0.25, 0.3) is 0 Å². The smallest absolute Gasteiger partial charge is 0.264 e. The first-order chi connectivity index (χ1) is 16.8. The van der Waals surface area contributed by atoms with Crippen LogP contribution in [-0.2, 0) is 20.6 Å². The minimum atomic E-state index is -3.94. The van der Waals surface area contributed by atoms with Crippen LogP contribution < -0.4 is 14.4 Å². The van der Waals surface area contributed by atoms with Crippen molar-refractivity contribution in [3.63, 3.8) is 0 Å². The predicted octanol–water partition coefficient (Wildman–Crippen LogP) is 4.95. The zero-order valence-corrected chi connectivity index (χ0v) is 22.0. The minimum absolute atomic E-state index is 0.138. The van der Waals surface area contributed by atoms with Gasteiger partial charge in [-0.1, -0.05) is 42.0 Å². The Kier molecular flexibility index (Phi) is 9.63. The van der Waals surface area contributed by atoms with Gasteiger partial charge in [-0.25, -0.2) is 8.42 Å². The van der Waals surface area contributed by atoms with Gasteiger partial charge in [0.15, 0.2) is 0 Å². The molecular formula is C27H32N2O4S2. The van der Waals surface area contributed by atoms with Gasteiger partial charge in [0, 0.05) is 18.1 Å². The number of rotatable bonds is 12. The van der Waals surface area contributed by atoms with Crippen molar-refractivity contribution in [1.82, 2.24) is 5.32 Å². The molecule has 0 heterocycles. The van der Waals surface area contributed by atoms with Gasteiger partial charge in [0.1, 0.15) is 12.3 Å². The molecule has 3 aromatic rings. The molecule has 6 nitrogen and oxygen atoms in total. The first kappa shape index (κ1) is 26.6. The summed E-state index contributed by atoms with van der Waals surface area (Å²) < 4.78 is 33.5. The molecule has 0 atom stereocenters. The molecule has 0 spiro atoms. The third-order valence-corrected chi connectivity index (χ3v) is 8.22. The van der Waals surface area contributed by atoms with Crippen LogP contribution in [0.4, 0.5) is 5.69 Å². The summed E-state index contributed by atoms with van der Waals surface area (Å²) in [6.45, 7) is 6.51. The highest BCUT2D eigenvalue weighted by Crippen LogP contribution is 2.26. The number of nitrogens with zero attached hydrogens (tertiary/aromatic N) is 1. The molecule has 0 bridgehead atoms. The quantitative estimate of drug-likeness (QED) is 0.348. The fourth-order valence-corrected chi connectivity index (χ4v) is 5.79. The minimum Gasteiger partial charge on any atom is -0.494 e. The van der Waals surface area contributed by atoms with Crippen LogP contribution >= 0.6 is 11.8 Å². The monoisotopic (exact) mass is 512 g/mol. The molecule has 0 aromatic heterocycles. The van der Waals surface area contributed by atoms with Gasteiger partial charge >= 0.3 is 0 Å². The van der Waals surface area contributed by atoms with E-state index in [1.54, 1.807) is 60.3 Å². The number of aryl methyl sites for hydroxylation is 2. The van der Waals surface area contributed by atoms with Crippen molar-refractivity contribution in [2.45, 2.75) is 31.4 Å². The van der Waals surface area contributed by atoms with Crippen molar-refractivity contribution in [2.75, 3.05) is 29.8 Å². The summed E-state index contributed by atoms with van der Waals surface area (Å²) in [5.74, 6) is 1.88. The molecule has 0 saturated carbocycles. The number of ether oxygens (including phenoxy) is 1. The fraction of sp³-hybridized carbons (Fsp3) is 0.296. The molecule has 0 fully saturated rings. The standard InChI is InChI=1S/C27H32N2O4S2/c1-4-33-25-13-11-24(12-14-25)29(35(31,32)26-15-9-21(2)10-16-26)19-27(30)28-17-18-34-20-23-8-6-5-7-22(23)3/h5-16H,4,17-20H2,1-3H3,(H,28,30). The van der Waals surface area contributed by atoms with Gasteiger partial charge in [-0.2, -0.15) is 11.8 Å². The Morgan fingerprint density at radius 1 is 0.971 bits per heavy atom. The van der Waals surface area contributed by atoms with Crippen LogP contribution in [0.15, 0.2) is 77.7 Å². The number of benzene rings is 3. The molecule has 0 saturated heterocycles. The summed E-state index contributed by atoms with van der Waals surface area (Å²) in [6, 6.07) is 21.6. The molecule has 0 aliphatic heterocycles.